The molecular formula is C23H34Cl2FN3O. The lowest BCUT2D eigenvalue weighted by molar-refractivity contribution is 0.0954. The fourth-order valence-corrected chi connectivity index (χ4v) is 3.93. The Hall–Kier alpha value is -1.40. The Bertz CT molecular complexity index is 769. The van der Waals surface area contributed by atoms with Crippen LogP contribution in [-0.2, 0) is 0 Å². The van der Waals surface area contributed by atoms with E-state index in [1.165, 1.54) is 38.2 Å². The zero-order valence-electron chi connectivity index (χ0n) is 17.4. The number of halogens is 3. The Labute approximate surface area is 191 Å². The van der Waals surface area contributed by atoms with Crippen LogP contribution in [0.1, 0.15) is 55.3 Å². The molecule has 0 spiro atoms. The van der Waals surface area contributed by atoms with E-state index < -0.39 is 0 Å². The number of fused-ring (bicyclic) bond motifs is 1. The number of unbranched alkanes of at least 4 members (excludes halogenated alkanes) is 1. The van der Waals surface area contributed by atoms with Gasteiger partial charge in [0, 0.05) is 36.6 Å². The van der Waals surface area contributed by atoms with Gasteiger partial charge in [-0.1, -0.05) is 43.5 Å². The van der Waals surface area contributed by atoms with Gasteiger partial charge in [-0.3, -0.25) is 4.79 Å². The summed E-state index contributed by atoms with van der Waals surface area (Å²) in [6.45, 7) is 3.61. The minimum Gasteiger partial charge on any atom is -0.352 e. The van der Waals surface area contributed by atoms with Crippen molar-refractivity contribution in [3.05, 3.63) is 47.8 Å². The predicted molar refractivity (Wildman–Crippen MR) is 128 cm³/mol. The average molecular weight is 458 g/mol. The van der Waals surface area contributed by atoms with Crippen LogP contribution >= 0.6 is 24.8 Å². The molecule has 3 N–H and O–H groups in total. The van der Waals surface area contributed by atoms with Crippen molar-refractivity contribution < 1.29 is 9.18 Å². The van der Waals surface area contributed by atoms with Crippen molar-refractivity contribution in [2.75, 3.05) is 26.2 Å². The monoisotopic (exact) mass is 457 g/mol. The van der Waals surface area contributed by atoms with E-state index >= 15 is 0 Å². The summed E-state index contributed by atoms with van der Waals surface area (Å²) in [4.78, 5) is 12.4. The summed E-state index contributed by atoms with van der Waals surface area (Å²) < 4.78 is 13.9. The maximum atomic E-state index is 13.9. The van der Waals surface area contributed by atoms with Gasteiger partial charge in [0.05, 0.1) is 0 Å². The second-order valence-electron chi connectivity index (χ2n) is 7.64. The fourth-order valence-electron chi connectivity index (χ4n) is 3.93. The second-order valence-corrected chi connectivity index (χ2v) is 7.64. The van der Waals surface area contributed by atoms with Crippen molar-refractivity contribution in [3.8, 4) is 0 Å². The number of carbonyl (C=O) groups is 1. The van der Waals surface area contributed by atoms with Crippen LogP contribution < -0.4 is 16.0 Å². The molecular weight excluding hydrogens is 424 g/mol. The van der Waals surface area contributed by atoms with Gasteiger partial charge in [-0.05, 0) is 49.7 Å². The Morgan fingerprint density at radius 2 is 1.57 bits per heavy atom. The highest BCUT2D eigenvalue weighted by molar-refractivity contribution is 6.07. The van der Waals surface area contributed by atoms with Crippen molar-refractivity contribution in [1.29, 1.82) is 0 Å². The number of hydrogen-bond acceptors (Lipinski definition) is 3. The Kier molecular flexibility index (Phi) is 12.9. The smallest absolute Gasteiger partial charge is 0.251 e. The van der Waals surface area contributed by atoms with E-state index in [2.05, 4.69) is 16.0 Å². The summed E-state index contributed by atoms with van der Waals surface area (Å²) in [6, 6.07) is 10.7. The lowest BCUT2D eigenvalue weighted by atomic mass is 9.95. The van der Waals surface area contributed by atoms with Crippen LogP contribution in [0.5, 0.6) is 0 Å². The van der Waals surface area contributed by atoms with Gasteiger partial charge in [0.1, 0.15) is 5.82 Å². The van der Waals surface area contributed by atoms with Crippen molar-refractivity contribution in [1.82, 2.24) is 16.0 Å². The molecule has 0 aromatic heterocycles. The van der Waals surface area contributed by atoms with E-state index in [1.54, 1.807) is 24.3 Å². The molecule has 0 aliphatic heterocycles. The quantitative estimate of drug-likeness (QED) is 0.447. The highest BCUT2D eigenvalue weighted by atomic mass is 35.5. The first kappa shape index (κ1) is 26.6. The maximum Gasteiger partial charge on any atom is 0.251 e. The lowest BCUT2D eigenvalue weighted by Gasteiger charge is -2.22. The van der Waals surface area contributed by atoms with Crippen LogP contribution in [0.25, 0.3) is 10.8 Å². The largest absolute Gasteiger partial charge is 0.352 e. The van der Waals surface area contributed by atoms with Crippen LogP contribution in [0.3, 0.4) is 0 Å². The second kappa shape index (κ2) is 14.6. The summed E-state index contributed by atoms with van der Waals surface area (Å²) in [7, 11) is 0. The van der Waals surface area contributed by atoms with E-state index in [4.69, 9.17) is 0 Å². The van der Waals surface area contributed by atoms with Gasteiger partial charge in [0.25, 0.3) is 5.91 Å². The van der Waals surface area contributed by atoms with Crippen molar-refractivity contribution in [2.24, 2.45) is 0 Å². The molecule has 0 unspecified atom stereocenters. The Morgan fingerprint density at radius 1 is 0.867 bits per heavy atom. The molecule has 0 heterocycles. The van der Waals surface area contributed by atoms with E-state index in [9.17, 15) is 9.18 Å². The highest BCUT2D eigenvalue weighted by Crippen LogP contribution is 2.21. The molecule has 30 heavy (non-hydrogen) atoms. The molecule has 1 saturated carbocycles. The topological polar surface area (TPSA) is 53.2 Å². The Morgan fingerprint density at radius 3 is 2.33 bits per heavy atom. The van der Waals surface area contributed by atoms with Crippen molar-refractivity contribution in [2.45, 2.75) is 51.0 Å². The third-order valence-corrected chi connectivity index (χ3v) is 5.52. The van der Waals surface area contributed by atoms with Crippen molar-refractivity contribution in [3.63, 3.8) is 0 Å². The van der Waals surface area contributed by atoms with Crippen LogP contribution in [-0.4, -0.2) is 38.1 Å². The number of benzene rings is 2. The summed E-state index contributed by atoms with van der Waals surface area (Å²) in [6.07, 6.45) is 8.72. The van der Waals surface area contributed by atoms with Crippen LogP contribution in [0.2, 0.25) is 0 Å². The van der Waals surface area contributed by atoms with Gasteiger partial charge >= 0.3 is 0 Å². The fraction of sp³-hybridized carbons (Fsp3) is 0.522. The Balaban J connectivity index is 0.00000225. The van der Waals surface area contributed by atoms with Gasteiger partial charge in [-0.25, -0.2) is 4.39 Å². The van der Waals surface area contributed by atoms with Gasteiger partial charge in [-0.2, -0.15) is 0 Å². The SMILES string of the molecule is Cl.Cl.O=C(NCCCCNCCNC1CCCCC1)c1ccc(F)c2ccccc12. The number of carbonyl (C=O) groups excluding carboxylic acids is 1. The highest BCUT2D eigenvalue weighted by Gasteiger charge is 2.12. The molecule has 1 aliphatic rings. The zero-order valence-corrected chi connectivity index (χ0v) is 19.1. The normalized spacial score (nSPS) is 14.0. The predicted octanol–water partition coefficient (Wildman–Crippen LogP) is 4.84. The van der Waals surface area contributed by atoms with E-state index in [0.29, 0.717) is 28.9 Å². The van der Waals surface area contributed by atoms with Gasteiger partial charge in [0.15, 0.2) is 0 Å². The van der Waals surface area contributed by atoms with Crippen LogP contribution in [0, 0.1) is 5.82 Å². The summed E-state index contributed by atoms with van der Waals surface area (Å²) in [5.74, 6) is -0.433. The first-order chi connectivity index (χ1) is 13.8. The van der Waals surface area contributed by atoms with Gasteiger partial charge < -0.3 is 16.0 Å². The molecule has 0 bridgehead atoms. The molecule has 7 heteroatoms. The molecule has 2 aromatic carbocycles. The molecule has 168 valence electrons. The van der Waals surface area contributed by atoms with Crippen LogP contribution in [0.4, 0.5) is 4.39 Å². The number of amides is 1. The maximum absolute atomic E-state index is 13.9. The molecule has 2 aromatic rings. The van der Waals surface area contributed by atoms with Crippen molar-refractivity contribution >= 4 is 41.5 Å². The summed E-state index contributed by atoms with van der Waals surface area (Å²) in [5, 5.41) is 11.2. The lowest BCUT2D eigenvalue weighted by Crippen LogP contribution is -2.36. The molecule has 1 aliphatic carbocycles. The number of nitrogens with one attached hydrogen (secondary N) is 3. The van der Waals surface area contributed by atoms with E-state index in [1.807, 2.05) is 6.07 Å². The molecule has 1 amide bonds. The molecule has 3 rings (SSSR count). The number of hydrogen-bond donors (Lipinski definition) is 3. The molecule has 1 fully saturated rings. The third-order valence-electron chi connectivity index (χ3n) is 5.52. The first-order valence-corrected chi connectivity index (χ1v) is 10.7. The summed E-state index contributed by atoms with van der Waals surface area (Å²) >= 11 is 0. The average Bonchev–Trinajstić information content (AvgIpc) is 2.73. The molecule has 0 saturated heterocycles. The molecule has 0 atom stereocenters. The number of rotatable bonds is 10. The van der Waals surface area contributed by atoms with Gasteiger partial charge in [0.2, 0.25) is 0 Å². The standard InChI is InChI=1S/C23H32FN3O.2ClH/c24-22-13-12-21(19-10-4-5-11-20(19)22)23(28)27-15-7-6-14-25-16-17-26-18-8-2-1-3-9-18;;/h4-5,10-13,18,25-26H,1-3,6-9,14-17H2,(H,27,28);2*1H. The third kappa shape index (κ3) is 8.03. The first-order valence-electron chi connectivity index (χ1n) is 10.7. The van der Waals surface area contributed by atoms with E-state index in [-0.39, 0.29) is 36.5 Å². The molecule has 0 radical (unpaired) electrons. The van der Waals surface area contributed by atoms with Gasteiger partial charge in [-0.15, -0.1) is 24.8 Å². The minimum absolute atomic E-state index is 0. The van der Waals surface area contributed by atoms with Crippen LogP contribution in [0.15, 0.2) is 36.4 Å². The zero-order chi connectivity index (χ0) is 19.6. The summed E-state index contributed by atoms with van der Waals surface area (Å²) in [5.41, 5.74) is 0.531. The van der Waals surface area contributed by atoms with E-state index in [0.717, 1.165) is 32.5 Å². The minimum atomic E-state index is -0.295. The molecule has 4 nitrogen and oxygen atoms in total.